The number of benzene rings is 1. The molecule has 38 heavy (non-hydrogen) atoms. The highest BCUT2D eigenvalue weighted by atomic mass is 32.2. The summed E-state index contributed by atoms with van der Waals surface area (Å²) in [6, 6.07) is 11.6. The predicted molar refractivity (Wildman–Crippen MR) is 145 cm³/mol. The molecule has 1 fully saturated rings. The van der Waals surface area contributed by atoms with Crippen LogP contribution in [-0.2, 0) is 17.1 Å². The van der Waals surface area contributed by atoms with Crippen molar-refractivity contribution in [2.75, 3.05) is 30.2 Å². The fraction of sp³-hybridized carbons (Fsp3) is 0.308. The Morgan fingerprint density at radius 2 is 1.84 bits per heavy atom. The molecule has 3 aromatic heterocycles. The largest absolute Gasteiger partial charge is 0.437 e. The maximum Gasteiger partial charge on any atom is 0.267 e. The van der Waals surface area contributed by atoms with E-state index in [-0.39, 0.29) is 16.7 Å². The molecule has 1 aromatic carbocycles. The van der Waals surface area contributed by atoms with Gasteiger partial charge in [-0.3, -0.25) is 4.68 Å². The molecule has 0 spiro atoms. The number of likely N-dealkylation sites (N-methyl/N-ethyl adjacent to an activating group) is 1. The van der Waals surface area contributed by atoms with E-state index < -0.39 is 10.0 Å². The summed E-state index contributed by atoms with van der Waals surface area (Å²) in [7, 11) is -0.215. The third-order valence-electron chi connectivity index (χ3n) is 6.36. The minimum absolute atomic E-state index is 0.00397. The predicted octanol–water partition coefficient (Wildman–Crippen LogP) is 3.60. The normalized spacial score (nSPS) is 15.9. The lowest BCUT2D eigenvalue weighted by Crippen LogP contribution is -2.23. The van der Waals surface area contributed by atoms with Gasteiger partial charge in [0.15, 0.2) is 0 Å². The number of hydrogen-bond donors (Lipinski definition) is 2. The average Bonchev–Trinajstić information content (AvgIpc) is 3.48. The number of pyridine rings is 1. The van der Waals surface area contributed by atoms with Gasteiger partial charge in [0, 0.05) is 37.5 Å². The summed E-state index contributed by atoms with van der Waals surface area (Å²) in [6.45, 7) is 5.98. The van der Waals surface area contributed by atoms with Crippen molar-refractivity contribution in [3.05, 3.63) is 66.1 Å². The van der Waals surface area contributed by atoms with Gasteiger partial charge in [-0.25, -0.2) is 23.1 Å². The molecule has 11 nitrogen and oxygen atoms in total. The number of nitrogens with one attached hydrogen (secondary N) is 2. The van der Waals surface area contributed by atoms with Gasteiger partial charge < -0.3 is 15.0 Å². The van der Waals surface area contributed by atoms with Crippen molar-refractivity contribution in [3.63, 3.8) is 0 Å². The Hall–Kier alpha value is -4.03. The van der Waals surface area contributed by atoms with E-state index in [1.54, 1.807) is 25.4 Å². The first-order chi connectivity index (χ1) is 18.2. The maximum atomic E-state index is 13.0. The second-order valence-corrected chi connectivity index (χ2v) is 11.2. The fourth-order valence-electron chi connectivity index (χ4n) is 4.49. The lowest BCUT2D eigenvalue weighted by Gasteiger charge is -2.15. The van der Waals surface area contributed by atoms with Gasteiger partial charge in [0.1, 0.15) is 16.5 Å². The van der Waals surface area contributed by atoms with Crippen molar-refractivity contribution in [2.24, 2.45) is 7.05 Å². The van der Waals surface area contributed by atoms with Gasteiger partial charge in [-0.2, -0.15) is 10.1 Å². The third-order valence-corrected chi connectivity index (χ3v) is 7.64. The van der Waals surface area contributed by atoms with Crippen LogP contribution in [0, 0.1) is 13.8 Å². The minimum Gasteiger partial charge on any atom is -0.437 e. The van der Waals surface area contributed by atoms with Crippen LogP contribution in [0.15, 0.2) is 59.9 Å². The Balaban J connectivity index is 1.45. The summed E-state index contributed by atoms with van der Waals surface area (Å²) >= 11 is 0. The SMILES string of the molecule is Cc1cccc(C)c1-c1cc(Oc2ccc(NC3CCN(C)C3)nc2)nc(NS(=O)(=O)c2cnn(C)c2)n1. The van der Waals surface area contributed by atoms with Crippen LogP contribution in [0.2, 0.25) is 0 Å². The molecule has 1 aliphatic rings. The molecule has 1 saturated heterocycles. The fourth-order valence-corrected chi connectivity index (χ4v) is 5.42. The maximum absolute atomic E-state index is 13.0. The van der Waals surface area contributed by atoms with Crippen LogP contribution < -0.4 is 14.8 Å². The van der Waals surface area contributed by atoms with Crippen molar-refractivity contribution in [3.8, 4) is 22.9 Å². The molecule has 12 heteroatoms. The zero-order valence-corrected chi connectivity index (χ0v) is 22.5. The molecule has 2 N–H and O–H groups in total. The quantitative estimate of drug-likeness (QED) is 0.349. The van der Waals surface area contributed by atoms with E-state index in [0.29, 0.717) is 17.5 Å². The van der Waals surface area contributed by atoms with Crippen LogP contribution in [0.25, 0.3) is 11.3 Å². The molecule has 198 valence electrons. The Morgan fingerprint density at radius 3 is 2.47 bits per heavy atom. The molecule has 5 rings (SSSR count). The van der Waals surface area contributed by atoms with Gasteiger partial charge >= 0.3 is 0 Å². The van der Waals surface area contributed by atoms with Crippen LogP contribution >= 0.6 is 0 Å². The van der Waals surface area contributed by atoms with Gasteiger partial charge in [-0.1, -0.05) is 18.2 Å². The topological polar surface area (TPSA) is 127 Å². The zero-order chi connectivity index (χ0) is 26.9. The van der Waals surface area contributed by atoms with Crippen LogP contribution in [0.1, 0.15) is 17.5 Å². The molecule has 1 atom stereocenters. The number of nitrogens with zero attached hydrogens (tertiary/aromatic N) is 6. The molecule has 0 saturated carbocycles. The van der Waals surface area contributed by atoms with Crippen LogP contribution in [0.4, 0.5) is 11.8 Å². The van der Waals surface area contributed by atoms with E-state index in [2.05, 4.69) is 42.0 Å². The number of aryl methyl sites for hydroxylation is 3. The molecule has 1 unspecified atom stereocenters. The van der Waals surface area contributed by atoms with Crippen molar-refractivity contribution in [1.82, 2.24) is 29.6 Å². The van der Waals surface area contributed by atoms with Crippen molar-refractivity contribution in [2.45, 2.75) is 31.2 Å². The Labute approximate surface area is 222 Å². The molecule has 0 bridgehead atoms. The summed E-state index contributed by atoms with van der Waals surface area (Å²) < 4.78 is 35.8. The molecule has 0 radical (unpaired) electrons. The molecule has 4 aromatic rings. The van der Waals surface area contributed by atoms with Gasteiger partial charge in [0.2, 0.25) is 11.8 Å². The third kappa shape index (κ3) is 5.76. The summed E-state index contributed by atoms with van der Waals surface area (Å²) in [4.78, 5) is 15.6. The first-order valence-electron chi connectivity index (χ1n) is 12.2. The van der Waals surface area contributed by atoms with E-state index in [4.69, 9.17) is 4.74 Å². The lowest BCUT2D eigenvalue weighted by atomic mass is 10.00. The molecular weight excluding hydrogens is 504 g/mol. The van der Waals surface area contributed by atoms with E-state index in [9.17, 15) is 8.42 Å². The van der Waals surface area contributed by atoms with Crippen molar-refractivity contribution < 1.29 is 13.2 Å². The first-order valence-corrected chi connectivity index (χ1v) is 13.7. The first kappa shape index (κ1) is 25.6. The number of hydrogen-bond acceptors (Lipinski definition) is 9. The van der Waals surface area contributed by atoms with Crippen molar-refractivity contribution >= 4 is 21.8 Å². The molecule has 0 aliphatic carbocycles. The van der Waals surface area contributed by atoms with Gasteiger partial charge in [-0.05, 0) is 57.1 Å². The average molecular weight is 535 g/mol. The Kier molecular flexibility index (Phi) is 7.00. The molecular formula is C26H30N8O3S. The highest BCUT2D eigenvalue weighted by Gasteiger charge is 2.21. The van der Waals surface area contributed by atoms with E-state index >= 15 is 0 Å². The lowest BCUT2D eigenvalue weighted by molar-refractivity contribution is 0.414. The minimum atomic E-state index is -3.96. The van der Waals surface area contributed by atoms with Gasteiger partial charge in [-0.15, -0.1) is 0 Å². The molecule has 4 heterocycles. The number of likely N-dealkylation sites (tertiary alicyclic amines) is 1. The highest BCUT2D eigenvalue weighted by Crippen LogP contribution is 2.31. The van der Waals surface area contributed by atoms with Crippen LogP contribution in [0.5, 0.6) is 11.6 Å². The Bertz CT molecular complexity index is 1530. The van der Waals surface area contributed by atoms with Gasteiger partial charge in [0.25, 0.3) is 10.0 Å². The van der Waals surface area contributed by atoms with Crippen LogP contribution in [0.3, 0.4) is 0 Å². The summed E-state index contributed by atoms with van der Waals surface area (Å²) in [5.41, 5.74) is 3.39. The zero-order valence-electron chi connectivity index (χ0n) is 21.7. The monoisotopic (exact) mass is 534 g/mol. The summed E-state index contributed by atoms with van der Waals surface area (Å²) in [5.74, 6) is 1.30. The molecule has 0 amide bonds. The van der Waals surface area contributed by atoms with Crippen molar-refractivity contribution in [1.29, 1.82) is 0 Å². The summed E-state index contributed by atoms with van der Waals surface area (Å²) in [6.07, 6.45) is 5.34. The van der Waals surface area contributed by atoms with Gasteiger partial charge in [0.05, 0.1) is 18.1 Å². The molecule has 1 aliphatic heterocycles. The number of ether oxygens (including phenoxy) is 1. The smallest absolute Gasteiger partial charge is 0.267 e. The second kappa shape index (κ2) is 10.4. The Morgan fingerprint density at radius 1 is 1.05 bits per heavy atom. The van der Waals surface area contributed by atoms with E-state index in [0.717, 1.165) is 42.0 Å². The van der Waals surface area contributed by atoms with E-state index in [1.165, 1.54) is 17.1 Å². The number of rotatable bonds is 8. The standard InChI is InChI=1S/C26H30N8O3S/c1-17-6-5-7-18(2)25(17)22-12-24(31-26(30-22)32-38(35,36)21-14-28-34(4)16-21)37-20-8-9-23(27-13-20)29-19-10-11-33(3)15-19/h5-9,12-14,16,19H,10-11,15H2,1-4H3,(H,27,29)(H,30,31,32). The second-order valence-electron chi connectivity index (χ2n) is 9.51. The number of sulfonamides is 1. The van der Waals surface area contributed by atoms with E-state index in [1.807, 2.05) is 38.1 Å². The number of aromatic nitrogens is 5. The van der Waals surface area contributed by atoms with Crippen LogP contribution in [-0.4, -0.2) is 64.2 Å². The number of anilines is 2. The highest BCUT2D eigenvalue weighted by molar-refractivity contribution is 7.92. The summed E-state index contributed by atoms with van der Waals surface area (Å²) in [5, 5.41) is 7.39.